The van der Waals surface area contributed by atoms with Gasteiger partial charge in [0.2, 0.25) is 0 Å². The first-order valence-corrected chi connectivity index (χ1v) is 11.1. The maximum atomic E-state index is 12.1. The molecule has 4 rings (SSSR count). The fraction of sp³-hybridized carbons (Fsp3) is 0.522. The Kier molecular flexibility index (Phi) is 6.18. The van der Waals surface area contributed by atoms with Gasteiger partial charge in [-0.15, -0.1) is 0 Å². The summed E-state index contributed by atoms with van der Waals surface area (Å²) in [5, 5.41) is 7.19. The maximum Gasteiger partial charge on any atom is 0.254 e. The number of allylic oxidation sites excluding steroid dienone is 1. The Labute approximate surface area is 178 Å². The fourth-order valence-electron chi connectivity index (χ4n) is 4.41. The summed E-state index contributed by atoms with van der Waals surface area (Å²) in [6, 6.07) is 0. The van der Waals surface area contributed by atoms with E-state index in [9.17, 15) is 4.79 Å². The van der Waals surface area contributed by atoms with E-state index in [0.717, 1.165) is 37.4 Å². The number of carbonyl (C=O) groups excluding carboxylic acids is 1. The first kappa shape index (κ1) is 20.6. The van der Waals surface area contributed by atoms with Crippen molar-refractivity contribution in [3.63, 3.8) is 0 Å². The fourth-order valence-corrected chi connectivity index (χ4v) is 4.41. The lowest BCUT2D eigenvalue weighted by molar-refractivity contribution is -0.120. The van der Waals surface area contributed by atoms with Crippen LogP contribution in [0.1, 0.15) is 61.5 Å². The van der Waals surface area contributed by atoms with Crippen molar-refractivity contribution in [3.05, 3.63) is 40.6 Å². The highest BCUT2D eigenvalue weighted by molar-refractivity contribution is 6.24. The lowest BCUT2D eigenvalue weighted by atomic mass is 9.97. The monoisotopic (exact) mass is 408 g/mol. The molecule has 3 aliphatic rings. The van der Waals surface area contributed by atoms with E-state index >= 15 is 0 Å². The van der Waals surface area contributed by atoms with Crippen molar-refractivity contribution in [2.45, 2.75) is 52.4 Å². The number of H-pyrrole nitrogens is 1. The summed E-state index contributed by atoms with van der Waals surface area (Å²) >= 11 is 0. The van der Waals surface area contributed by atoms with E-state index in [1.165, 1.54) is 36.1 Å². The highest BCUT2D eigenvalue weighted by atomic mass is 16.2. The number of hydrogen-bond acceptors (Lipinski definition) is 5. The minimum absolute atomic E-state index is 0.140. The molecule has 3 heterocycles. The maximum absolute atomic E-state index is 12.1. The molecule has 1 unspecified atom stereocenters. The number of carbonyl (C=O) groups is 1. The molecule has 7 nitrogen and oxygen atoms in total. The van der Waals surface area contributed by atoms with Crippen molar-refractivity contribution < 1.29 is 4.79 Å². The van der Waals surface area contributed by atoms with Crippen molar-refractivity contribution in [2.24, 2.45) is 16.0 Å². The third-order valence-corrected chi connectivity index (χ3v) is 6.24. The van der Waals surface area contributed by atoms with Gasteiger partial charge in [0.05, 0.1) is 11.4 Å². The van der Waals surface area contributed by atoms with E-state index in [4.69, 9.17) is 0 Å². The number of hydrazone groups is 1. The van der Waals surface area contributed by atoms with Gasteiger partial charge in [-0.2, -0.15) is 5.10 Å². The topological polar surface area (TPSA) is 84.9 Å². The summed E-state index contributed by atoms with van der Waals surface area (Å²) in [7, 11) is 0. The zero-order chi connectivity index (χ0) is 21.1. The van der Waals surface area contributed by atoms with Gasteiger partial charge in [-0.3, -0.25) is 9.79 Å². The summed E-state index contributed by atoms with van der Waals surface area (Å²) in [4.78, 5) is 22.7. The highest BCUT2D eigenvalue weighted by Crippen LogP contribution is 2.45. The molecule has 30 heavy (non-hydrogen) atoms. The second-order valence-corrected chi connectivity index (χ2v) is 8.22. The van der Waals surface area contributed by atoms with E-state index < -0.39 is 5.92 Å². The summed E-state index contributed by atoms with van der Waals surface area (Å²) < 4.78 is 0. The first-order valence-electron chi connectivity index (χ1n) is 11.1. The summed E-state index contributed by atoms with van der Waals surface area (Å²) in [5.41, 5.74) is 9.39. The molecule has 0 spiro atoms. The van der Waals surface area contributed by atoms with Crippen molar-refractivity contribution in [2.75, 3.05) is 19.6 Å². The minimum atomic E-state index is -0.456. The van der Waals surface area contributed by atoms with Crippen LogP contribution in [-0.2, 0) is 11.2 Å². The molecule has 0 saturated heterocycles. The Bertz CT molecular complexity index is 914. The predicted octanol–water partition coefficient (Wildman–Crippen LogP) is 3.06. The molecular weight excluding hydrogens is 376 g/mol. The number of nitrogens with one attached hydrogen (secondary N) is 3. The smallest absolute Gasteiger partial charge is 0.254 e. The molecule has 1 saturated carbocycles. The number of hydrogen-bond donors (Lipinski definition) is 3. The molecule has 2 aliphatic heterocycles. The summed E-state index contributed by atoms with van der Waals surface area (Å²) in [6.45, 7) is 9.98. The van der Waals surface area contributed by atoms with Crippen molar-refractivity contribution in [1.82, 2.24) is 20.6 Å². The SMILES string of the molecule is CCN(CC)CCCc1c(C)[nH]c(C=C2NC=CN=C2C2C=NNC2=O)c1C1CC1. The highest BCUT2D eigenvalue weighted by Gasteiger charge is 2.32. The summed E-state index contributed by atoms with van der Waals surface area (Å²) in [5.74, 6) is 0.0442. The third-order valence-electron chi connectivity index (χ3n) is 6.24. The molecule has 0 aromatic carbocycles. The standard InChI is InChI=1S/C23H32N6O/c1-4-29(5-2)12-6-7-17-15(3)27-19(21(17)16-8-9-16)13-20-22(25-11-10-24-20)18-14-26-28-23(18)30/h10-11,13-14,16,18,24,27H,4-9,12H2,1-3H3,(H,28,30). The molecule has 1 aromatic rings. The van der Waals surface area contributed by atoms with Crippen LogP contribution in [0.2, 0.25) is 0 Å². The largest absolute Gasteiger partial charge is 0.359 e. The average molecular weight is 409 g/mol. The predicted molar refractivity (Wildman–Crippen MR) is 121 cm³/mol. The van der Waals surface area contributed by atoms with Gasteiger partial charge in [0, 0.05) is 30.0 Å². The van der Waals surface area contributed by atoms with Crippen molar-refractivity contribution in [3.8, 4) is 0 Å². The van der Waals surface area contributed by atoms with Crippen molar-refractivity contribution >= 4 is 23.9 Å². The second-order valence-electron chi connectivity index (χ2n) is 8.22. The molecule has 3 N–H and O–H groups in total. The van der Waals surface area contributed by atoms with Crippen LogP contribution >= 0.6 is 0 Å². The van der Waals surface area contributed by atoms with E-state index in [2.05, 4.69) is 57.6 Å². The number of aromatic nitrogens is 1. The molecule has 1 aliphatic carbocycles. The van der Waals surface area contributed by atoms with Gasteiger partial charge in [0.15, 0.2) is 0 Å². The van der Waals surface area contributed by atoms with Gasteiger partial charge in [0.1, 0.15) is 5.92 Å². The zero-order valence-corrected chi connectivity index (χ0v) is 18.2. The van der Waals surface area contributed by atoms with E-state index in [1.54, 1.807) is 18.6 Å². The Hall–Kier alpha value is -2.67. The Balaban J connectivity index is 1.59. The molecule has 0 bridgehead atoms. The van der Waals surface area contributed by atoms with Gasteiger partial charge in [-0.1, -0.05) is 13.8 Å². The Morgan fingerprint density at radius 1 is 1.27 bits per heavy atom. The average Bonchev–Trinajstić information content (AvgIpc) is 3.42. The Morgan fingerprint density at radius 2 is 2.07 bits per heavy atom. The number of aliphatic imine (C=N–C) groups is 1. The lowest BCUT2D eigenvalue weighted by Crippen LogP contribution is -2.32. The first-order chi connectivity index (χ1) is 14.6. The van der Waals surface area contributed by atoms with E-state index in [0.29, 0.717) is 11.6 Å². The van der Waals surface area contributed by atoms with Crippen LogP contribution in [0.3, 0.4) is 0 Å². The van der Waals surface area contributed by atoms with Gasteiger partial charge >= 0.3 is 0 Å². The summed E-state index contributed by atoms with van der Waals surface area (Å²) in [6.07, 6.45) is 12.0. The quantitative estimate of drug-likeness (QED) is 0.587. The van der Waals surface area contributed by atoms with Gasteiger partial charge in [-0.25, -0.2) is 5.43 Å². The van der Waals surface area contributed by atoms with Gasteiger partial charge < -0.3 is 15.2 Å². The van der Waals surface area contributed by atoms with Crippen LogP contribution in [0.4, 0.5) is 0 Å². The molecule has 1 atom stereocenters. The second kappa shape index (κ2) is 9.00. The molecule has 1 aromatic heterocycles. The third kappa shape index (κ3) is 4.26. The number of aryl methyl sites for hydroxylation is 1. The van der Waals surface area contributed by atoms with Gasteiger partial charge in [-0.05, 0) is 75.4 Å². The number of amides is 1. The van der Waals surface area contributed by atoms with Crippen LogP contribution in [0.25, 0.3) is 6.08 Å². The van der Waals surface area contributed by atoms with Crippen molar-refractivity contribution in [1.29, 1.82) is 0 Å². The van der Waals surface area contributed by atoms with E-state index in [-0.39, 0.29) is 5.91 Å². The van der Waals surface area contributed by atoms with Crippen LogP contribution in [0.15, 0.2) is 28.2 Å². The number of nitrogens with zero attached hydrogens (tertiary/aromatic N) is 3. The minimum Gasteiger partial charge on any atom is -0.359 e. The van der Waals surface area contributed by atoms with Crippen LogP contribution < -0.4 is 10.7 Å². The molecule has 1 fully saturated rings. The molecule has 0 radical (unpaired) electrons. The number of rotatable bonds is 9. The normalized spacial score (nSPS) is 22.0. The van der Waals surface area contributed by atoms with Crippen LogP contribution in [-0.4, -0.2) is 47.4 Å². The van der Waals surface area contributed by atoms with Crippen LogP contribution in [0, 0.1) is 12.8 Å². The zero-order valence-electron chi connectivity index (χ0n) is 18.2. The molecule has 7 heteroatoms. The molecule has 1 amide bonds. The Morgan fingerprint density at radius 3 is 2.73 bits per heavy atom. The number of aromatic amines is 1. The lowest BCUT2D eigenvalue weighted by Gasteiger charge is -2.18. The van der Waals surface area contributed by atoms with Crippen LogP contribution in [0.5, 0.6) is 0 Å². The van der Waals surface area contributed by atoms with E-state index in [1.807, 2.05) is 0 Å². The molecule has 160 valence electrons. The van der Waals surface area contributed by atoms with Gasteiger partial charge in [0.25, 0.3) is 5.91 Å². The molecular formula is C23H32N6O.